The number of halogens is 2. The van der Waals surface area contributed by atoms with Crippen LogP contribution in [0.3, 0.4) is 0 Å². The summed E-state index contributed by atoms with van der Waals surface area (Å²) in [6.45, 7) is 1.74. The van der Waals surface area contributed by atoms with Gasteiger partial charge in [-0.15, -0.1) is 0 Å². The lowest BCUT2D eigenvalue weighted by Gasteiger charge is -2.11. The fourth-order valence-corrected chi connectivity index (χ4v) is 2.83. The lowest BCUT2D eigenvalue weighted by Crippen LogP contribution is -2.20. The van der Waals surface area contributed by atoms with E-state index in [1.807, 2.05) is 19.1 Å². The molecule has 8 heteroatoms. The van der Waals surface area contributed by atoms with Gasteiger partial charge in [-0.25, -0.2) is 8.42 Å². The van der Waals surface area contributed by atoms with Crippen molar-refractivity contribution in [2.75, 3.05) is 11.9 Å². The molecule has 2 rings (SSSR count). The molecule has 0 atom stereocenters. The van der Waals surface area contributed by atoms with Gasteiger partial charge < -0.3 is 10.1 Å². The quantitative estimate of drug-likeness (QED) is 0.813. The number of sulfone groups is 1. The summed E-state index contributed by atoms with van der Waals surface area (Å²) in [5, 5.41) is 2.51. The summed E-state index contributed by atoms with van der Waals surface area (Å²) in [5.74, 6) is -3.33. The maximum atomic E-state index is 12.5. The van der Waals surface area contributed by atoms with Gasteiger partial charge in [-0.2, -0.15) is 8.78 Å². The zero-order valence-corrected chi connectivity index (χ0v) is 14.2. The molecule has 0 aliphatic heterocycles. The Bertz CT molecular complexity index is 836. The molecule has 0 aliphatic carbocycles. The average Bonchev–Trinajstić information content (AvgIpc) is 2.60. The zero-order valence-electron chi connectivity index (χ0n) is 13.4. The van der Waals surface area contributed by atoms with Crippen molar-refractivity contribution >= 4 is 21.4 Å². The van der Waals surface area contributed by atoms with Gasteiger partial charge in [0.05, 0.1) is 4.90 Å². The fourth-order valence-electron chi connectivity index (χ4n) is 2.11. The number of alkyl halides is 2. The predicted octanol–water partition coefficient (Wildman–Crippen LogP) is 3.26. The van der Waals surface area contributed by atoms with Gasteiger partial charge in [-0.05, 0) is 42.3 Å². The minimum Gasteiger partial charge on any atom is -0.483 e. The van der Waals surface area contributed by atoms with Crippen molar-refractivity contribution in [1.82, 2.24) is 0 Å². The van der Waals surface area contributed by atoms with Crippen LogP contribution in [0, 0.1) is 0 Å². The molecule has 0 spiro atoms. The number of carbonyl (C=O) groups excluding carboxylic acids is 1. The lowest BCUT2D eigenvalue weighted by molar-refractivity contribution is -0.118. The molecule has 0 aliphatic rings. The standard InChI is InChI=1S/C17H17F2NO4S/c1-2-12-5-3-4-6-15(12)24-11-16(21)20-13-7-9-14(10-8-13)25(22,23)17(18)19/h3-10,17H,2,11H2,1H3,(H,20,21). The largest absolute Gasteiger partial charge is 0.483 e. The van der Waals surface area contributed by atoms with Crippen LogP contribution in [0.2, 0.25) is 0 Å². The van der Waals surface area contributed by atoms with Crippen molar-refractivity contribution in [3.63, 3.8) is 0 Å². The Balaban J connectivity index is 1.97. The van der Waals surface area contributed by atoms with Crippen molar-refractivity contribution in [3.05, 3.63) is 54.1 Å². The van der Waals surface area contributed by atoms with E-state index in [1.165, 1.54) is 12.1 Å². The van der Waals surface area contributed by atoms with E-state index in [9.17, 15) is 22.0 Å². The summed E-state index contributed by atoms with van der Waals surface area (Å²) in [6, 6.07) is 11.9. The number of rotatable bonds is 7. The number of aryl methyl sites for hydroxylation is 1. The topological polar surface area (TPSA) is 72.5 Å². The highest BCUT2D eigenvalue weighted by molar-refractivity contribution is 7.91. The van der Waals surface area contributed by atoms with Crippen LogP contribution in [0.5, 0.6) is 5.75 Å². The second-order valence-electron chi connectivity index (χ2n) is 5.13. The van der Waals surface area contributed by atoms with Crippen molar-refractivity contribution in [2.45, 2.75) is 24.0 Å². The number of amides is 1. The van der Waals surface area contributed by atoms with Crippen LogP contribution in [-0.2, 0) is 21.1 Å². The van der Waals surface area contributed by atoms with E-state index in [2.05, 4.69) is 5.32 Å². The first-order valence-electron chi connectivity index (χ1n) is 7.47. The molecule has 0 fully saturated rings. The Kier molecular flexibility index (Phi) is 6.08. The van der Waals surface area contributed by atoms with Crippen molar-refractivity contribution in [1.29, 1.82) is 0 Å². The predicted molar refractivity (Wildman–Crippen MR) is 89.6 cm³/mol. The minimum absolute atomic E-state index is 0.228. The summed E-state index contributed by atoms with van der Waals surface area (Å²) in [5.41, 5.74) is 1.25. The zero-order chi connectivity index (χ0) is 18.4. The Labute approximate surface area is 144 Å². The molecule has 0 unspecified atom stereocenters. The third-order valence-electron chi connectivity index (χ3n) is 3.41. The lowest BCUT2D eigenvalue weighted by atomic mass is 10.1. The van der Waals surface area contributed by atoms with Crippen molar-refractivity contribution in [3.8, 4) is 5.75 Å². The number of para-hydroxylation sites is 1. The molecule has 0 saturated carbocycles. The Morgan fingerprint density at radius 1 is 1.12 bits per heavy atom. The molecule has 0 radical (unpaired) electrons. The molecule has 0 aromatic heterocycles. The number of hydrogen-bond acceptors (Lipinski definition) is 4. The molecule has 25 heavy (non-hydrogen) atoms. The van der Waals surface area contributed by atoms with Gasteiger partial charge in [0.15, 0.2) is 6.61 Å². The Hall–Kier alpha value is -2.48. The van der Waals surface area contributed by atoms with Gasteiger partial charge in [0.25, 0.3) is 5.91 Å². The molecule has 0 bridgehead atoms. The number of ether oxygens (including phenoxy) is 1. The van der Waals surface area contributed by atoms with Gasteiger partial charge in [0.1, 0.15) is 5.75 Å². The summed E-state index contributed by atoms with van der Waals surface area (Å²) in [6.07, 6.45) is 0.762. The maximum Gasteiger partial charge on any atom is 0.341 e. The fraction of sp³-hybridized carbons (Fsp3) is 0.235. The molecule has 5 nitrogen and oxygen atoms in total. The van der Waals surface area contributed by atoms with Crippen molar-refractivity contribution < 1.29 is 26.7 Å². The van der Waals surface area contributed by atoms with Gasteiger partial charge in [0, 0.05) is 5.69 Å². The first kappa shape index (κ1) is 18.9. The molecule has 2 aromatic carbocycles. The van der Waals surface area contributed by atoms with Crippen LogP contribution < -0.4 is 10.1 Å². The summed E-state index contributed by atoms with van der Waals surface area (Å²) < 4.78 is 53.0. The van der Waals surface area contributed by atoms with E-state index in [4.69, 9.17) is 4.74 Å². The van der Waals surface area contributed by atoms with Crippen LogP contribution in [0.4, 0.5) is 14.5 Å². The molecular weight excluding hydrogens is 352 g/mol. The summed E-state index contributed by atoms with van der Waals surface area (Å²) in [7, 11) is -4.65. The third kappa shape index (κ3) is 4.76. The first-order chi connectivity index (χ1) is 11.8. The monoisotopic (exact) mass is 369 g/mol. The third-order valence-corrected chi connectivity index (χ3v) is 4.81. The van der Waals surface area contributed by atoms with E-state index in [0.717, 1.165) is 24.1 Å². The molecule has 2 aromatic rings. The molecule has 1 N–H and O–H groups in total. The van der Waals surface area contributed by atoms with E-state index < -0.39 is 26.4 Å². The average molecular weight is 369 g/mol. The molecule has 0 heterocycles. The number of hydrogen-bond donors (Lipinski definition) is 1. The smallest absolute Gasteiger partial charge is 0.341 e. The minimum atomic E-state index is -4.65. The van der Waals surface area contributed by atoms with Crippen molar-refractivity contribution in [2.24, 2.45) is 0 Å². The Morgan fingerprint density at radius 2 is 1.76 bits per heavy atom. The number of benzene rings is 2. The van der Waals surface area contributed by atoms with E-state index in [1.54, 1.807) is 12.1 Å². The SMILES string of the molecule is CCc1ccccc1OCC(=O)Nc1ccc(S(=O)(=O)C(F)F)cc1. The maximum absolute atomic E-state index is 12.5. The van der Waals surface area contributed by atoms with Gasteiger partial charge in [-0.1, -0.05) is 25.1 Å². The highest BCUT2D eigenvalue weighted by Crippen LogP contribution is 2.21. The van der Waals surface area contributed by atoms with Crippen LogP contribution in [0.25, 0.3) is 0 Å². The summed E-state index contributed by atoms with van der Waals surface area (Å²) >= 11 is 0. The van der Waals surface area contributed by atoms with E-state index >= 15 is 0 Å². The first-order valence-corrected chi connectivity index (χ1v) is 9.02. The number of anilines is 1. The van der Waals surface area contributed by atoms with Gasteiger partial charge in [-0.3, -0.25) is 4.79 Å². The molecular formula is C17H17F2NO4S. The van der Waals surface area contributed by atoms with E-state index in [-0.39, 0.29) is 12.3 Å². The van der Waals surface area contributed by atoms with Crippen LogP contribution >= 0.6 is 0 Å². The van der Waals surface area contributed by atoms with Crippen LogP contribution in [-0.4, -0.2) is 26.7 Å². The number of nitrogens with one attached hydrogen (secondary N) is 1. The highest BCUT2D eigenvalue weighted by Gasteiger charge is 2.26. The Morgan fingerprint density at radius 3 is 2.36 bits per heavy atom. The molecule has 0 saturated heterocycles. The molecule has 134 valence electrons. The second-order valence-corrected chi connectivity index (χ2v) is 7.05. The van der Waals surface area contributed by atoms with Gasteiger partial charge >= 0.3 is 5.76 Å². The normalized spacial score (nSPS) is 11.4. The van der Waals surface area contributed by atoms with E-state index in [0.29, 0.717) is 5.75 Å². The second kappa shape index (κ2) is 8.06. The van der Waals surface area contributed by atoms with Crippen LogP contribution in [0.15, 0.2) is 53.4 Å². The molecule has 1 amide bonds. The van der Waals surface area contributed by atoms with Gasteiger partial charge in [0.2, 0.25) is 9.84 Å². The van der Waals surface area contributed by atoms with Crippen LogP contribution in [0.1, 0.15) is 12.5 Å². The number of carbonyl (C=O) groups is 1. The summed E-state index contributed by atoms with van der Waals surface area (Å²) in [4.78, 5) is 11.4. The highest BCUT2D eigenvalue weighted by atomic mass is 32.2.